The number of benzene rings is 2. The highest BCUT2D eigenvalue weighted by Crippen LogP contribution is 2.24. The molecular formula is C19H17FN2O2S. The highest BCUT2D eigenvalue weighted by atomic mass is 32.1. The van der Waals surface area contributed by atoms with E-state index in [2.05, 4.69) is 10.3 Å². The summed E-state index contributed by atoms with van der Waals surface area (Å²) >= 11 is 1.40. The monoisotopic (exact) mass is 356 g/mol. The van der Waals surface area contributed by atoms with Gasteiger partial charge in [-0.3, -0.25) is 10.1 Å². The predicted molar refractivity (Wildman–Crippen MR) is 96.9 cm³/mol. The van der Waals surface area contributed by atoms with Gasteiger partial charge in [-0.05, 0) is 36.8 Å². The molecule has 6 heteroatoms. The second-order valence-electron chi connectivity index (χ2n) is 5.32. The van der Waals surface area contributed by atoms with Gasteiger partial charge in [0, 0.05) is 17.5 Å². The number of nitrogens with one attached hydrogen (secondary N) is 1. The normalized spacial score (nSPS) is 10.5. The van der Waals surface area contributed by atoms with Crippen molar-refractivity contribution >= 4 is 22.4 Å². The van der Waals surface area contributed by atoms with Crippen LogP contribution in [0.25, 0.3) is 0 Å². The summed E-state index contributed by atoms with van der Waals surface area (Å²) in [6.07, 6.45) is 2.36. The fraction of sp³-hybridized carbons (Fsp3) is 0.158. The summed E-state index contributed by atoms with van der Waals surface area (Å²) in [7, 11) is 0. The van der Waals surface area contributed by atoms with Crippen LogP contribution in [0.3, 0.4) is 0 Å². The maximum absolute atomic E-state index is 13.0. The van der Waals surface area contributed by atoms with Crippen molar-refractivity contribution in [2.75, 3.05) is 11.9 Å². The number of rotatable bonds is 6. The molecule has 0 saturated heterocycles. The van der Waals surface area contributed by atoms with Crippen LogP contribution in [0.4, 0.5) is 9.52 Å². The summed E-state index contributed by atoms with van der Waals surface area (Å²) < 4.78 is 18.4. The number of para-hydroxylation sites is 1. The van der Waals surface area contributed by atoms with Gasteiger partial charge in [-0.25, -0.2) is 9.37 Å². The van der Waals surface area contributed by atoms with Crippen molar-refractivity contribution in [2.45, 2.75) is 13.3 Å². The number of halogens is 1. The van der Waals surface area contributed by atoms with E-state index in [1.54, 1.807) is 36.5 Å². The maximum Gasteiger partial charge on any atom is 0.261 e. The van der Waals surface area contributed by atoms with Crippen LogP contribution in [0.1, 0.15) is 27.7 Å². The second kappa shape index (κ2) is 7.90. The van der Waals surface area contributed by atoms with Gasteiger partial charge in [-0.2, -0.15) is 0 Å². The molecule has 1 aromatic heterocycles. The van der Waals surface area contributed by atoms with Gasteiger partial charge in [0.1, 0.15) is 11.6 Å². The zero-order chi connectivity index (χ0) is 17.6. The molecule has 0 fully saturated rings. The van der Waals surface area contributed by atoms with Crippen LogP contribution in [-0.2, 0) is 6.42 Å². The number of carbonyl (C=O) groups excluding carboxylic acids is 1. The lowest BCUT2D eigenvalue weighted by Crippen LogP contribution is -2.13. The number of hydrogen-bond donors (Lipinski definition) is 1. The summed E-state index contributed by atoms with van der Waals surface area (Å²) in [5.41, 5.74) is 1.46. The standard InChI is InChI=1S/C19H17FN2O2S/c1-2-24-17-6-4-3-5-16(17)18(23)22-19-21-12-15(25-19)11-13-7-9-14(20)10-8-13/h3-10,12H,2,11H2,1H3,(H,21,22,23). The number of nitrogens with zero attached hydrogens (tertiary/aromatic N) is 1. The van der Waals surface area contributed by atoms with Gasteiger partial charge in [0.15, 0.2) is 5.13 Å². The number of hydrogen-bond acceptors (Lipinski definition) is 4. The Hall–Kier alpha value is -2.73. The molecule has 0 unspecified atom stereocenters. The number of carbonyl (C=O) groups is 1. The topological polar surface area (TPSA) is 51.2 Å². The second-order valence-corrected chi connectivity index (χ2v) is 6.43. The minimum atomic E-state index is -0.258. The number of amides is 1. The quantitative estimate of drug-likeness (QED) is 0.706. The van der Waals surface area contributed by atoms with E-state index in [-0.39, 0.29) is 11.7 Å². The molecule has 0 bridgehead atoms. The zero-order valence-corrected chi connectivity index (χ0v) is 14.5. The van der Waals surface area contributed by atoms with Crippen LogP contribution >= 0.6 is 11.3 Å². The molecule has 0 aliphatic rings. The van der Waals surface area contributed by atoms with Gasteiger partial charge >= 0.3 is 0 Å². The zero-order valence-electron chi connectivity index (χ0n) is 13.7. The van der Waals surface area contributed by atoms with Crippen molar-refractivity contribution in [3.8, 4) is 5.75 Å². The molecule has 0 spiro atoms. The molecule has 25 heavy (non-hydrogen) atoms. The molecule has 1 amide bonds. The fourth-order valence-electron chi connectivity index (χ4n) is 2.35. The van der Waals surface area contributed by atoms with E-state index in [0.29, 0.717) is 29.5 Å². The molecule has 0 saturated carbocycles. The van der Waals surface area contributed by atoms with Crippen LogP contribution < -0.4 is 10.1 Å². The highest BCUT2D eigenvalue weighted by Gasteiger charge is 2.14. The third-order valence-electron chi connectivity index (χ3n) is 3.50. The number of anilines is 1. The Labute approximate surface area is 149 Å². The first-order valence-electron chi connectivity index (χ1n) is 7.88. The van der Waals surface area contributed by atoms with E-state index in [9.17, 15) is 9.18 Å². The molecule has 3 rings (SSSR count). The highest BCUT2D eigenvalue weighted by molar-refractivity contribution is 7.15. The molecule has 0 aliphatic heterocycles. The van der Waals surface area contributed by atoms with Crippen molar-refractivity contribution in [2.24, 2.45) is 0 Å². The van der Waals surface area contributed by atoms with Gasteiger partial charge in [0.2, 0.25) is 0 Å². The van der Waals surface area contributed by atoms with E-state index in [1.807, 2.05) is 13.0 Å². The molecular weight excluding hydrogens is 339 g/mol. The Morgan fingerprint density at radius 2 is 1.96 bits per heavy atom. The van der Waals surface area contributed by atoms with Crippen LogP contribution in [0.15, 0.2) is 54.7 Å². The van der Waals surface area contributed by atoms with Gasteiger partial charge < -0.3 is 4.74 Å². The summed E-state index contributed by atoms with van der Waals surface area (Å²) in [6, 6.07) is 13.4. The average Bonchev–Trinajstić information content (AvgIpc) is 3.04. The lowest BCUT2D eigenvalue weighted by atomic mass is 10.1. The molecule has 3 aromatic rings. The summed E-state index contributed by atoms with van der Waals surface area (Å²) in [5, 5.41) is 3.32. The van der Waals surface area contributed by atoms with Crippen LogP contribution in [-0.4, -0.2) is 17.5 Å². The minimum absolute atomic E-state index is 0.256. The molecule has 2 aromatic carbocycles. The lowest BCUT2D eigenvalue weighted by molar-refractivity contribution is 0.102. The maximum atomic E-state index is 13.0. The van der Waals surface area contributed by atoms with E-state index in [1.165, 1.54) is 23.5 Å². The third kappa shape index (κ3) is 4.42. The van der Waals surface area contributed by atoms with Gasteiger partial charge in [0.25, 0.3) is 5.91 Å². The summed E-state index contributed by atoms with van der Waals surface area (Å²) in [6.45, 7) is 2.36. The first-order valence-corrected chi connectivity index (χ1v) is 8.69. The summed E-state index contributed by atoms with van der Waals surface area (Å²) in [5.74, 6) is 0.0336. The Morgan fingerprint density at radius 1 is 1.20 bits per heavy atom. The predicted octanol–water partition coefficient (Wildman–Crippen LogP) is 4.52. The molecule has 4 nitrogen and oxygen atoms in total. The molecule has 128 valence electrons. The van der Waals surface area contributed by atoms with Crippen LogP contribution in [0.5, 0.6) is 5.75 Å². The van der Waals surface area contributed by atoms with Crippen LogP contribution in [0, 0.1) is 5.82 Å². The van der Waals surface area contributed by atoms with Gasteiger partial charge in [0.05, 0.1) is 12.2 Å². The smallest absolute Gasteiger partial charge is 0.261 e. The third-order valence-corrected chi connectivity index (χ3v) is 4.41. The van der Waals surface area contributed by atoms with Crippen molar-refractivity contribution < 1.29 is 13.9 Å². The van der Waals surface area contributed by atoms with Crippen molar-refractivity contribution in [3.05, 3.63) is 76.5 Å². The molecule has 1 heterocycles. The van der Waals surface area contributed by atoms with E-state index < -0.39 is 0 Å². The molecule has 0 atom stereocenters. The van der Waals surface area contributed by atoms with E-state index >= 15 is 0 Å². The first kappa shape index (κ1) is 17.1. The Kier molecular flexibility index (Phi) is 5.40. The van der Waals surface area contributed by atoms with Gasteiger partial charge in [-0.15, -0.1) is 11.3 Å². The van der Waals surface area contributed by atoms with E-state index in [0.717, 1.165) is 10.4 Å². The number of aromatic nitrogens is 1. The van der Waals surface area contributed by atoms with Crippen LogP contribution in [0.2, 0.25) is 0 Å². The molecule has 1 N–H and O–H groups in total. The van der Waals surface area contributed by atoms with Crippen molar-refractivity contribution in [1.82, 2.24) is 4.98 Å². The Balaban J connectivity index is 1.69. The van der Waals surface area contributed by atoms with Crippen molar-refractivity contribution in [1.29, 1.82) is 0 Å². The molecule has 0 aliphatic carbocycles. The minimum Gasteiger partial charge on any atom is -0.493 e. The number of ether oxygens (including phenoxy) is 1. The SMILES string of the molecule is CCOc1ccccc1C(=O)Nc1ncc(Cc2ccc(F)cc2)s1. The average molecular weight is 356 g/mol. The fourth-order valence-corrected chi connectivity index (χ4v) is 3.19. The largest absolute Gasteiger partial charge is 0.493 e. The van der Waals surface area contributed by atoms with E-state index in [4.69, 9.17) is 4.74 Å². The molecule has 0 radical (unpaired) electrons. The Morgan fingerprint density at radius 3 is 2.72 bits per heavy atom. The number of thiazole rings is 1. The first-order chi connectivity index (χ1) is 12.2. The summed E-state index contributed by atoms with van der Waals surface area (Å²) in [4.78, 5) is 17.7. The lowest BCUT2D eigenvalue weighted by Gasteiger charge is -2.08. The Bertz CT molecular complexity index is 862. The van der Waals surface area contributed by atoms with Crippen molar-refractivity contribution in [3.63, 3.8) is 0 Å². The van der Waals surface area contributed by atoms with Gasteiger partial charge in [-0.1, -0.05) is 24.3 Å².